The molecule has 108 valence electrons. The van der Waals surface area contributed by atoms with E-state index in [4.69, 9.17) is 16.3 Å². The summed E-state index contributed by atoms with van der Waals surface area (Å²) >= 11 is 11.2. The zero-order valence-corrected chi connectivity index (χ0v) is 14.0. The van der Waals surface area contributed by atoms with Gasteiger partial charge in [-0.25, -0.2) is 9.97 Å². The molecule has 5 nitrogen and oxygen atoms in total. The molecular formula is C13H10BrClN4OS. The second kappa shape index (κ2) is 5.31. The van der Waals surface area contributed by atoms with E-state index < -0.39 is 0 Å². The van der Waals surface area contributed by atoms with Gasteiger partial charge in [0.1, 0.15) is 4.83 Å². The molecule has 0 amide bonds. The Morgan fingerprint density at radius 3 is 2.90 bits per heavy atom. The topological polar surface area (TPSA) is 51.1 Å². The van der Waals surface area contributed by atoms with Crippen molar-refractivity contribution in [3.8, 4) is 0 Å². The summed E-state index contributed by atoms with van der Waals surface area (Å²) in [6.07, 6.45) is 1.79. The Kier molecular flexibility index (Phi) is 3.45. The third kappa shape index (κ3) is 2.38. The van der Waals surface area contributed by atoms with Crippen LogP contribution in [-0.2, 0) is 4.74 Å². The van der Waals surface area contributed by atoms with E-state index in [1.54, 1.807) is 17.5 Å². The number of nitrogens with zero attached hydrogens (tertiary/aromatic N) is 4. The highest BCUT2D eigenvalue weighted by atomic mass is 79.9. The quantitative estimate of drug-likeness (QED) is 0.600. The Morgan fingerprint density at radius 2 is 2.10 bits per heavy atom. The van der Waals surface area contributed by atoms with Crippen LogP contribution in [0.2, 0.25) is 5.28 Å². The number of ether oxygens (including phenoxy) is 1. The Hall–Kier alpha value is -1.02. The molecule has 1 fully saturated rings. The number of hydrogen-bond donors (Lipinski definition) is 0. The zero-order valence-electron chi connectivity index (χ0n) is 10.8. The lowest BCUT2D eigenvalue weighted by atomic mass is 10.3. The molecule has 0 atom stereocenters. The molecule has 0 N–H and O–H groups in total. The minimum Gasteiger partial charge on any atom is -0.378 e. The predicted molar refractivity (Wildman–Crippen MR) is 88.5 cm³/mol. The van der Waals surface area contributed by atoms with Crippen molar-refractivity contribution in [3.05, 3.63) is 22.0 Å². The van der Waals surface area contributed by atoms with Crippen LogP contribution in [0.3, 0.4) is 0 Å². The molecule has 0 aromatic carbocycles. The highest BCUT2D eigenvalue weighted by molar-refractivity contribution is 9.10. The zero-order chi connectivity index (χ0) is 14.4. The van der Waals surface area contributed by atoms with E-state index in [-0.39, 0.29) is 5.28 Å². The smallest absolute Gasteiger partial charge is 0.224 e. The number of morpholine rings is 1. The van der Waals surface area contributed by atoms with E-state index in [2.05, 4.69) is 35.8 Å². The third-order valence-electron chi connectivity index (χ3n) is 3.40. The molecule has 3 aromatic heterocycles. The summed E-state index contributed by atoms with van der Waals surface area (Å²) in [7, 11) is 0. The van der Waals surface area contributed by atoms with Gasteiger partial charge in [-0.3, -0.25) is 0 Å². The van der Waals surface area contributed by atoms with Gasteiger partial charge in [0.2, 0.25) is 5.28 Å². The molecule has 1 aliphatic rings. The van der Waals surface area contributed by atoms with Gasteiger partial charge in [-0.15, -0.1) is 11.3 Å². The van der Waals surface area contributed by atoms with Crippen LogP contribution in [-0.4, -0.2) is 41.3 Å². The SMILES string of the molecule is Clc1nc(N2CCOCC2)c2sc3ncc(Br)cc3c2n1. The number of aromatic nitrogens is 3. The maximum absolute atomic E-state index is 6.13. The largest absolute Gasteiger partial charge is 0.378 e. The molecule has 4 heterocycles. The summed E-state index contributed by atoms with van der Waals surface area (Å²) in [4.78, 5) is 16.4. The van der Waals surface area contributed by atoms with E-state index in [1.807, 2.05) is 6.07 Å². The molecule has 0 bridgehead atoms. The van der Waals surface area contributed by atoms with Crippen LogP contribution in [0.4, 0.5) is 5.82 Å². The molecule has 0 saturated carbocycles. The van der Waals surface area contributed by atoms with Crippen molar-refractivity contribution >= 4 is 65.1 Å². The average Bonchev–Trinajstić information content (AvgIpc) is 2.85. The van der Waals surface area contributed by atoms with Crippen molar-refractivity contribution in [2.24, 2.45) is 0 Å². The molecule has 21 heavy (non-hydrogen) atoms. The summed E-state index contributed by atoms with van der Waals surface area (Å²) in [5.41, 5.74) is 0.866. The Bertz CT molecular complexity index is 834. The lowest BCUT2D eigenvalue weighted by Crippen LogP contribution is -2.36. The number of anilines is 1. The van der Waals surface area contributed by atoms with Gasteiger partial charge in [0.15, 0.2) is 5.82 Å². The lowest BCUT2D eigenvalue weighted by Gasteiger charge is -2.28. The fourth-order valence-corrected chi connectivity index (χ4v) is 4.03. The fourth-order valence-electron chi connectivity index (χ4n) is 2.45. The maximum atomic E-state index is 6.13. The first-order valence-electron chi connectivity index (χ1n) is 6.46. The summed E-state index contributed by atoms with van der Waals surface area (Å²) < 4.78 is 7.36. The summed E-state index contributed by atoms with van der Waals surface area (Å²) in [5, 5.41) is 1.27. The van der Waals surface area contributed by atoms with Crippen LogP contribution in [0, 0.1) is 0 Å². The van der Waals surface area contributed by atoms with E-state index in [1.165, 1.54) is 0 Å². The minimum atomic E-state index is 0.267. The van der Waals surface area contributed by atoms with E-state index in [0.29, 0.717) is 13.2 Å². The third-order valence-corrected chi connectivity index (χ3v) is 5.10. The van der Waals surface area contributed by atoms with Crippen molar-refractivity contribution in [2.45, 2.75) is 0 Å². The van der Waals surface area contributed by atoms with Gasteiger partial charge in [-0.1, -0.05) is 0 Å². The first-order valence-corrected chi connectivity index (χ1v) is 8.45. The van der Waals surface area contributed by atoms with Gasteiger partial charge in [0.05, 0.1) is 23.4 Å². The highest BCUT2D eigenvalue weighted by Gasteiger charge is 2.20. The van der Waals surface area contributed by atoms with Crippen molar-refractivity contribution in [1.82, 2.24) is 15.0 Å². The molecule has 0 radical (unpaired) electrons. The molecule has 8 heteroatoms. The van der Waals surface area contributed by atoms with E-state index in [9.17, 15) is 0 Å². The molecule has 0 spiro atoms. The predicted octanol–water partition coefficient (Wildman–Crippen LogP) is 3.49. The van der Waals surface area contributed by atoms with Crippen LogP contribution in [0.15, 0.2) is 16.7 Å². The second-order valence-corrected chi connectivity index (χ2v) is 6.95. The number of pyridine rings is 1. The van der Waals surface area contributed by atoms with Gasteiger partial charge in [0, 0.05) is 29.1 Å². The minimum absolute atomic E-state index is 0.267. The van der Waals surface area contributed by atoms with Crippen LogP contribution in [0.25, 0.3) is 20.4 Å². The Balaban J connectivity index is 1.99. The van der Waals surface area contributed by atoms with Gasteiger partial charge in [-0.2, -0.15) is 4.98 Å². The molecular weight excluding hydrogens is 376 g/mol. The van der Waals surface area contributed by atoms with Crippen molar-refractivity contribution in [1.29, 1.82) is 0 Å². The summed E-state index contributed by atoms with van der Waals surface area (Å²) in [5.74, 6) is 0.882. The van der Waals surface area contributed by atoms with Gasteiger partial charge in [-0.05, 0) is 33.6 Å². The second-order valence-electron chi connectivity index (χ2n) is 4.70. The van der Waals surface area contributed by atoms with Gasteiger partial charge < -0.3 is 9.64 Å². The van der Waals surface area contributed by atoms with Crippen LogP contribution >= 0.6 is 38.9 Å². The number of rotatable bonds is 1. The normalized spacial score (nSPS) is 16.0. The molecule has 3 aromatic rings. The molecule has 1 saturated heterocycles. The van der Waals surface area contributed by atoms with Crippen LogP contribution < -0.4 is 4.90 Å². The maximum Gasteiger partial charge on any atom is 0.224 e. The first-order chi connectivity index (χ1) is 10.2. The molecule has 1 aliphatic heterocycles. The standard InChI is InChI=1S/C13H10BrClN4OS/c14-7-5-8-9-10(21-12(8)16-6-7)11(18-13(15)17-9)19-1-3-20-4-2-19/h5-6H,1-4H2. The van der Waals surface area contributed by atoms with E-state index in [0.717, 1.165) is 43.8 Å². The monoisotopic (exact) mass is 384 g/mol. The lowest BCUT2D eigenvalue weighted by molar-refractivity contribution is 0.122. The number of thiophene rings is 1. The van der Waals surface area contributed by atoms with Crippen LogP contribution in [0.1, 0.15) is 0 Å². The molecule has 0 aliphatic carbocycles. The number of hydrogen-bond acceptors (Lipinski definition) is 6. The Morgan fingerprint density at radius 1 is 1.29 bits per heavy atom. The van der Waals surface area contributed by atoms with Crippen molar-refractivity contribution in [3.63, 3.8) is 0 Å². The van der Waals surface area contributed by atoms with Crippen molar-refractivity contribution < 1.29 is 4.74 Å². The number of fused-ring (bicyclic) bond motifs is 3. The fraction of sp³-hybridized carbons (Fsp3) is 0.308. The van der Waals surface area contributed by atoms with E-state index >= 15 is 0 Å². The average molecular weight is 386 g/mol. The first kappa shape index (κ1) is 13.6. The summed E-state index contributed by atoms with van der Waals surface area (Å²) in [6, 6.07) is 2.02. The number of halogens is 2. The van der Waals surface area contributed by atoms with Crippen molar-refractivity contribution in [2.75, 3.05) is 31.2 Å². The Labute approximate surface area is 138 Å². The summed E-state index contributed by atoms with van der Waals surface area (Å²) in [6.45, 7) is 3.04. The molecule has 0 unspecified atom stereocenters. The highest BCUT2D eigenvalue weighted by Crippen LogP contribution is 2.38. The van der Waals surface area contributed by atoms with Gasteiger partial charge in [0.25, 0.3) is 0 Å². The van der Waals surface area contributed by atoms with Gasteiger partial charge >= 0.3 is 0 Å². The van der Waals surface area contributed by atoms with Crippen LogP contribution in [0.5, 0.6) is 0 Å². The molecule has 4 rings (SSSR count).